The lowest BCUT2D eigenvalue weighted by atomic mass is 9.98. The molecule has 1 atom stereocenters. The van der Waals surface area contributed by atoms with Crippen LogP contribution in [0.25, 0.3) is 147 Å². The highest BCUT2D eigenvalue weighted by molar-refractivity contribution is 6.34. The minimum Gasteiger partial charge on any atom is -0.241 e. The number of hydrogen-bond acceptors (Lipinski definition) is 5. The standard InChI is InChI=1S/C51H26N6.C50H25N7/c1-2-10-28-18-36-35(17-27(28)9-1)43-25-45-37-19-29-11-3-5-13-31(29)21-39(37)47-52-49-41-23-33-15-7-8-16-34(33)24-42(41)50-53-48-40-22-32-14-6-4-12-30(32)20-38(40)46-26-44(36)54(43)51(55(45)47,56(46)48)57(49)50;1-3-11-28-19-36-34(17-26(28)9-1)42-25-43-35-18-27-10-2-4-12-29(27)20-37(35)45-52-47-39-22-31-14-6-8-16-33(31)24-41(39)49-53-48-40-23-32-15-7-5-13-30(32)21-38(40)46-51-44(36)54(42)50(55(43)45,56(46)48)57(47)49/h1-26H;1-25H/q2*+2. The van der Waals surface area contributed by atoms with Crippen LogP contribution < -0.4 is 21.5 Å². The third-order valence-corrected chi connectivity index (χ3v) is 27.0. The largest absolute Gasteiger partial charge is 0.441 e. The van der Waals surface area contributed by atoms with Crippen molar-refractivity contribution in [2.45, 2.75) is 11.8 Å². The van der Waals surface area contributed by atoms with Crippen molar-refractivity contribution in [3.63, 3.8) is 0 Å². The Bertz CT molecular complexity index is 8090. The van der Waals surface area contributed by atoms with Crippen molar-refractivity contribution in [1.29, 1.82) is 0 Å². The molecule has 13 nitrogen and oxygen atoms in total. The van der Waals surface area contributed by atoms with Crippen LogP contribution in [-0.2, 0) is 11.8 Å². The van der Waals surface area contributed by atoms with Crippen LogP contribution in [0.2, 0.25) is 0 Å². The molecule has 12 aliphatic heterocycles. The van der Waals surface area contributed by atoms with E-state index in [1.54, 1.807) is 0 Å². The van der Waals surface area contributed by atoms with E-state index >= 15 is 0 Å². The summed E-state index contributed by atoms with van der Waals surface area (Å²) in [4.78, 5) is 28.8. The summed E-state index contributed by atoms with van der Waals surface area (Å²) in [5, 5.41) is 32.0. The second-order valence-corrected chi connectivity index (χ2v) is 32.4. The molecule has 2 spiro atoms. The van der Waals surface area contributed by atoms with E-state index < -0.39 is 11.8 Å². The first-order chi connectivity index (χ1) is 56.4. The van der Waals surface area contributed by atoms with Crippen LogP contribution in [0.1, 0.15) is 44.5 Å². The number of aliphatic imine (C=N–C) groups is 4. The second-order valence-electron chi connectivity index (χ2n) is 32.4. The van der Waals surface area contributed by atoms with Crippen molar-refractivity contribution in [2.75, 3.05) is 0 Å². The molecule has 16 heterocycles. The third-order valence-electron chi connectivity index (χ3n) is 27.0. The summed E-state index contributed by atoms with van der Waals surface area (Å²) in [6.07, 6.45) is 7.27. The fourth-order valence-electron chi connectivity index (χ4n) is 22.3. The van der Waals surface area contributed by atoms with Crippen molar-refractivity contribution >= 4 is 217 Å². The zero-order valence-electron chi connectivity index (χ0n) is 60.3. The Kier molecular flexibility index (Phi) is 9.30. The van der Waals surface area contributed by atoms with Crippen LogP contribution in [0, 0.1) is 0 Å². The summed E-state index contributed by atoms with van der Waals surface area (Å²) >= 11 is 0. The zero-order chi connectivity index (χ0) is 72.9. The first-order valence-corrected chi connectivity index (χ1v) is 39.2. The summed E-state index contributed by atoms with van der Waals surface area (Å²) in [6.45, 7) is 0. The summed E-state index contributed by atoms with van der Waals surface area (Å²) in [7, 11) is 0. The monoisotopic (exact) mass is 1450 g/mol. The molecule has 0 fully saturated rings. The summed E-state index contributed by atoms with van der Waals surface area (Å²) in [5.41, 5.74) is 13.6. The van der Waals surface area contributed by atoms with Gasteiger partial charge < -0.3 is 0 Å². The van der Waals surface area contributed by atoms with E-state index in [9.17, 15) is 0 Å². The molecule has 0 N–H and O–H groups in total. The molecule has 516 valence electrons. The molecule has 0 saturated carbocycles. The van der Waals surface area contributed by atoms with Gasteiger partial charge in [-0.25, -0.2) is 9.13 Å². The number of hydrogen-bond donors (Lipinski definition) is 0. The SMILES string of the molecule is C1=c2c3cc4ccccc4cc3c3n2C24n5c(c6cc7ccccc7cc6c5N=C5c6cc7ccccc7cc6C(=[N+]52)C=3)N=C2c3cc5ccccc5cc3C1=[N+]24.C1=c2c3cc4ccccc4cc3c3n2C24n5c(c6cc7ccccc7cc6c5N=C5c6cc7ccccc7cc6C(=[N+]52)N=3)N=C2c3cc5ccccc5cc3C1=[N+]24. The van der Waals surface area contributed by atoms with Gasteiger partial charge in [0.2, 0.25) is 11.3 Å². The predicted molar refractivity (Wildman–Crippen MR) is 456 cm³/mol. The Labute approximate surface area is 643 Å². The number of amidine groups is 5. The van der Waals surface area contributed by atoms with Gasteiger partial charge in [-0.2, -0.15) is 9.13 Å². The number of nitrogens with zero attached hydrogens (tertiary/aromatic N) is 13. The number of aromatic nitrogens is 4. The van der Waals surface area contributed by atoms with Crippen molar-refractivity contribution in [3.05, 3.63) is 357 Å². The maximum absolute atomic E-state index is 5.78. The maximum atomic E-state index is 5.78. The van der Waals surface area contributed by atoms with E-state index in [1.165, 1.54) is 130 Å². The highest BCUT2D eigenvalue weighted by atomic mass is 15.7. The van der Waals surface area contributed by atoms with Crippen LogP contribution in [0.15, 0.2) is 316 Å². The number of fused-ring (bicyclic) bond motifs is 32. The third kappa shape index (κ3) is 6.21. The lowest BCUT2D eigenvalue weighted by Gasteiger charge is -2.40. The molecule has 4 aromatic heterocycles. The van der Waals surface area contributed by atoms with Gasteiger partial charge in [0.1, 0.15) is 17.1 Å². The molecule has 0 bridgehead atoms. The number of benzene rings is 16. The number of rotatable bonds is 0. The van der Waals surface area contributed by atoms with Gasteiger partial charge in [0, 0.05) is 61.8 Å². The van der Waals surface area contributed by atoms with E-state index in [0.717, 1.165) is 135 Å². The van der Waals surface area contributed by atoms with Crippen LogP contribution in [0.4, 0.5) is 23.3 Å². The van der Waals surface area contributed by atoms with Gasteiger partial charge >= 0.3 is 29.3 Å². The Balaban J connectivity index is 0.000000114. The lowest BCUT2D eigenvalue weighted by molar-refractivity contribution is -0.789. The van der Waals surface area contributed by atoms with Gasteiger partial charge in [-0.1, -0.05) is 204 Å². The van der Waals surface area contributed by atoms with Gasteiger partial charge in [0.25, 0.3) is 29.1 Å². The van der Waals surface area contributed by atoms with Crippen LogP contribution in [-0.4, -0.2) is 82.9 Å². The van der Waals surface area contributed by atoms with Gasteiger partial charge in [0.05, 0.1) is 60.0 Å². The topological polar surface area (TPSA) is 93.6 Å². The molecular weight excluding hydrogens is 1400 g/mol. The molecule has 0 radical (unpaired) electrons. The highest BCUT2D eigenvalue weighted by Gasteiger charge is 2.72. The first kappa shape index (κ1) is 56.7. The van der Waals surface area contributed by atoms with Gasteiger partial charge in [0.15, 0.2) is 0 Å². The quantitative estimate of drug-likeness (QED) is 0.135. The summed E-state index contributed by atoms with van der Waals surface area (Å²) < 4.78 is 20.1. The average Bonchev–Trinajstić information content (AvgIpc) is 1.46. The van der Waals surface area contributed by atoms with Crippen LogP contribution in [0.5, 0.6) is 0 Å². The predicted octanol–water partition coefficient (Wildman–Crippen LogP) is 17.3. The van der Waals surface area contributed by atoms with Gasteiger partial charge in [-0.3, -0.25) is 0 Å². The van der Waals surface area contributed by atoms with E-state index in [0.29, 0.717) is 0 Å². The highest BCUT2D eigenvalue weighted by Crippen LogP contribution is 2.57. The smallest absolute Gasteiger partial charge is 0.241 e. The zero-order valence-corrected chi connectivity index (χ0v) is 60.3. The summed E-state index contributed by atoms with van der Waals surface area (Å²) in [5.74, 6) is 6.43. The normalized spacial score (nSPS) is 17.8. The lowest BCUT2D eigenvalue weighted by Crippen LogP contribution is -2.71. The summed E-state index contributed by atoms with van der Waals surface area (Å²) in [6, 6.07) is 107. The van der Waals surface area contributed by atoms with E-state index in [1.807, 2.05) is 0 Å². The maximum Gasteiger partial charge on any atom is 0.441 e. The molecule has 12 aliphatic rings. The van der Waals surface area contributed by atoms with E-state index in [4.69, 9.17) is 25.0 Å². The molecule has 0 aliphatic carbocycles. The van der Waals surface area contributed by atoms with E-state index in [2.05, 4.69) is 346 Å². The molecule has 32 rings (SSSR count). The van der Waals surface area contributed by atoms with Crippen molar-refractivity contribution < 1.29 is 18.3 Å². The molecule has 114 heavy (non-hydrogen) atoms. The Hall–Kier alpha value is -15.5. The van der Waals surface area contributed by atoms with Crippen LogP contribution in [0.3, 0.4) is 0 Å². The van der Waals surface area contributed by atoms with Crippen molar-refractivity contribution in [2.24, 2.45) is 25.0 Å². The fourth-order valence-corrected chi connectivity index (χ4v) is 22.3. The minimum absolute atomic E-state index is 0.907. The van der Waals surface area contributed by atoms with Gasteiger partial charge in [-0.05, 0) is 198 Å². The fraction of sp³-hybridized carbons (Fsp3) is 0.0198. The Morgan fingerprint density at radius 3 is 0.746 bits per heavy atom. The second kappa shape index (κ2) is 18.7. The van der Waals surface area contributed by atoms with E-state index in [-0.39, 0.29) is 0 Å². The molecule has 0 amide bonds. The molecule has 0 saturated heterocycles. The molecule has 20 aromatic rings. The molecule has 16 aromatic carbocycles. The van der Waals surface area contributed by atoms with Crippen molar-refractivity contribution in [3.8, 4) is 0 Å². The first-order valence-electron chi connectivity index (χ1n) is 39.2. The minimum atomic E-state index is -1.00. The average molecular weight is 1450 g/mol. The Morgan fingerprint density at radius 1 is 0.202 bits per heavy atom. The Morgan fingerprint density at radius 2 is 0.430 bits per heavy atom. The van der Waals surface area contributed by atoms with Crippen LogP contribution >= 0.6 is 0 Å². The molecule has 1 unspecified atom stereocenters. The molecular formula is C101H51N13+4. The van der Waals surface area contributed by atoms with Crippen molar-refractivity contribution in [1.82, 2.24) is 18.3 Å². The van der Waals surface area contributed by atoms with Gasteiger partial charge in [-0.15, -0.1) is 18.3 Å². The molecule has 13 heteroatoms.